The number of carbonyl (C=O) groups is 1. The van der Waals surface area contributed by atoms with Gasteiger partial charge in [0.1, 0.15) is 5.69 Å². The lowest BCUT2D eigenvalue weighted by Crippen LogP contribution is -2.28. The van der Waals surface area contributed by atoms with Crippen molar-refractivity contribution >= 4 is 5.97 Å². The van der Waals surface area contributed by atoms with E-state index in [2.05, 4.69) is 46.4 Å². The first-order valence-corrected chi connectivity index (χ1v) is 7.59. The van der Waals surface area contributed by atoms with Gasteiger partial charge in [-0.05, 0) is 37.4 Å². The zero-order valence-corrected chi connectivity index (χ0v) is 13.0. The number of aromatic nitrogens is 2. The van der Waals surface area contributed by atoms with Crippen LogP contribution in [0.4, 0.5) is 0 Å². The van der Waals surface area contributed by atoms with Gasteiger partial charge >= 0.3 is 5.97 Å². The van der Waals surface area contributed by atoms with Crippen LogP contribution in [0.1, 0.15) is 46.1 Å². The quantitative estimate of drug-likeness (QED) is 0.882. The van der Waals surface area contributed by atoms with Crippen molar-refractivity contribution < 1.29 is 9.53 Å². The minimum atomic E-state index is -0.370. The first-order chi connectivity index (χ1) is 10.7. The highest BCUT2D eigenvalue weighted by molar-refractivity contribution is 5.88. The third kappa shape index (κ3) is 2.76. The zero-order valence-electron chi connectivity index (χ0n) is 13.0. The van der Waals surface area contributed by atoms with Crippen molar-refractivity contribution in [2.75, 3.05) is 14.2 Å². The van der Waals surface area contributed by atoms with Crippen molar-refractivity contribution in [2.24, 2.45) is 0 Å². The molecule has 0 aliphatic heterocycles. The number of carbonyl (C=O) groups excluding carboxylic acids is 1. The topological polar surface area (TPSA) is 58.2 Å². The molecule has 1 atom stereocenters. The van der Waals surface area contributed by atoms with E-state index in [1.54, 1.807) is 6.20 Å². The molecule has 1 aromatic carbocycles. The molecule has 1 aliphatic rings. The zero-order chi connectivity index (χ0) is 15.5. The van der Waals surface area contributed by atoms with Crippen molar-refractivity contribution in [3.05, 3.63) is 52.8 Å². The van der Waals surface area contributed by atoms with Crippen LogP contribution in [0, 0.1) is 0 Å². The monoisotopic (exact) mass is 299 g/mol. The predicted octanol–water partition coefficient (Wildman–Crippen LogP) is 2.71. The summed E-state index contributed by atoms with van der Waals surface area (Å²) in [4.78, 5) is 14.0. The van der Waals surface area contributed by atoms with Crippen molar-refractivity contribution in [1.82, 2.24) is 15.1 Å². The fourth-order valence-electron chi connectivity index (χ4n) is 3.27. The summed E-state index contributed by atoms with van der Waals surface area (Å²) >= 11 is 0. The molecule has 5 nitrogen and oxygen atoms in total. The van der Waals surface area contributed by atoms with Gasteiger partial charge in [-0.25, -0.2) is 4.79 Å². The summed E-state index contributed by atoms with van der Waals surface area (Å²) in [5.41, 5.74) is 4.15. The highest BCUT2D eigenvalue weighted by Crippen LogP contribution is 2.34. The van der Waals surface area contributed by atoms with Crippen molar-refractivity contribution in [3.63, 3.8) is 0 Å². The number of rotatable bonds is 4. The summed E-state index contributed by atoms with van der Waals surface area (Å²) in [5, 5.41) is 6.71. The lowest BCUT2D eigenvalue weighted by molar-refractivity contribution is 0.0591. The Hall–Kier alpha value is -2.14. The second kappa shape index (κ2) is 6.32. The van der Waals surface area contributed by atoms with Crippen LogP contribution in [0.25, 0.3) is 0 Å². The van der Waals surface area contributed by atoms with E-state index in [1.165, 1.54) is 24.7 Å². The fourth-order valence-corrected chi connectivity index (χ4v) is 3.27. The number of methoxy groups -OCH3 is 1. The Balaban J connectivity index is 1.80. The lowest BCUT2D eigenvalue weighted by atomic mass is 9.87. The van der Waals surface area contributed by atoms with Crippen molar-refractivity contribution in [1.29, 1.82) is 0 Å². The molecule has 0 fully saturated rings. The number of aromatic amines is 1. The SMILES string of the molecule is COC(=O)c1[nH]ncc1CN(C)C1CCCc2ccccc21. The van der Waals surface area contributed by atoms with Crippen LogP contribution < -0.4 is 0 Å². The summed E-state index contributed by atoms with van der Waals surface area (Å²) < 4.78 is 4.79. The average molecular weight is 299 g/mol. The summed E-state index contributed by atoms with van der Waals surface area (Å²) in [5.74, 6) is -0.370. The van der Waals surface area contributed by atoms with E-state index >= 15 is 0 Å². The molecule has 1 heterocycles. The van der Waals surface area contributed by atoms with E-state index in [1.807, 2.05) is 0 Å². The summed E-state index contributed by atoms with van der Waals surface area (Å²) in [7, 11) is 3.48. The van der Waals surface area contributed by atoms with Gasteiger partial charge in [-0.2, -0.15) is 5.10 Å². The van der Waals surface area contributed by atoms with Gasteiger partial charge in [-0.3, -0.25) is 10.00 Å². The van der Waals surface area contributed by atoms with Gasteiger partial charge in [-0.15, -0.1) is 0 Å². The number of H-pyrrole nitrogens is 1. The normalized spacial score (nSPS) is 17.3. The molecule has 5 heteroatoms. The molecule has 0 saturated heterocycles. The van der Waals surface area contributed by atoms with Gasteiger partial charge < -0.3 is 4.74 Å². The minimum Gasteiger partial charge on any atom is -0.464 e. The second-order valence-corrected chi connectivity index (χ2v) is 5.78. The van der Waals surface area contributed by atoms with Crippen LogP contribution in [0.5, 0.6) is 0 Å². The molecule has 0 bridgehead atoms. The number of ether oxygens (including phenoxy) is 1. The van der Waals surface area contributed by atoms with Gasteiger partial charge in [0.2, 0.25) is 0 Å². The molecule has 0 radical (unpaired) electrons. The molecule has 116 valence electrons. The molecule has 0 saturated carbocycles. The minimum absolute atomic E-state index is 0.370. The number of fused-ring (bicyclic) bond motifs is 1. The van der Waals surface area contributed by atoms with E-state index in [0.29, 0.717) is 18.3 Å². The number of benzene rings is 1. The first kappa shape index (κ1) is 14.8. The van der Waals surface area contributed by atoms with Crippen LogP contribution >= 0.6 is 0 Å². The standard InChI is InChI=1S/C17H21N3O2/c1-20(11-13-10-18-19-16(13)17(21)22-2)15-9-5-7-12-6-3-4-8-14(12)15/h3-4,6,8,10,15H,5,7,9,11H2,1-2H3,(H,18,19). The molecule has 1 aromatic heterocycles. The van der Waals surface area contributed by atoms with E-state index in [9.17, 15) is 4.79 Å². The van der Waals surface area contributed by atoms with E-state index in [0.717, 1.165) is 18.4 Å². The molecular formula is C17H21N3O2. The van der Waals surface area contributed by atoms with Gasteiger partial charge in [0.25, 0.3) is 0 Å². The second-order valence-electron chi connectivity index (χ2n) is 5.78. The Morgan fingerprint density at radius 1 is 1.45 bits per heavy atom. The maximum absolute atomic E-state index is 11.7. The number of hydrogen-bond donors (Lipinski definition) is 1. The molecule has 2 aromatic rings. The van der Waals surface area contributed by atoms with Crippen LogP contribution in [0.3, 0.4) is 0 Å². The fraction of sp³-hybridized carbons (Fsp3) is 0.412. The first-order valence-electron chi connectivity index (χ1n) is 7.59. The van der Waals surface area contributed by atoms with E-state index in [4.69, 9.17) is 4.74 Å². The lowest BCUT2D eigenvalue weighted by Gasteiger charge is -2.33. The Morgan fingerprint density at radius 3 is 3.09 bits per heavy atom. The Labute approximate surface area is 130 Å². The Kier molecular flexibility index (Phi) is 4.24. The summed E-state index contributed by atoms with van der Waals surface area (Å²) in [6.07, 6.45) is 5.19. The average Bonchev–Trinajstić information content (AvgIpc) is 3.01. The maximum atomic E-state index is 11.7. The number of nitrogens with zero attached hydrogens (tertiary/aromatic N) is 2. The van der Waals surface area contributed by atoms with E-state index < -0.39 is 0 Å². The van der Waals surface area contributed by atoms with Crippen LogP contribution in [-0.4, -0.2) is 35.2 Å². The molecular weight excluding hydrogens is 278 g/mol. The van der Waals surface area contributed by atoms with E-state index in [-0.39, 0.29) is 5.97 Å². The molecule has 22 heavy (non-hydrogen) atoms. The smallest absolute Gasteiger partial charge is 0.356 e. The van der Waals surface area contributed by atoms with Gasteiger partial charge in [0, 0.05) is 18.2 Å². The summed E-state index contributed by atoms with van der Waals surface area (Å²) in [6.45, 7) is 0.667. The Morgan fingerprint density at radius 2 is 2.27 bits per heavy atom. The van der Waals surface area contributed by atoms with Gasteiger partial charge in [0.15, 0.2) is 0 Å². The number of aryl methyl sites for hydroxylation is 1. The summed E-state index contributed by atoms with van der Waals surface area (Å²) in [6, 6.07) is 9.01. The van der Waals surface area contributed by atoms with Crippen molar-refractivity contribution in [3.8, 4) is 0 Å². The molecule has 1 aliphatic carbocycles. The molecule has 0 amide bonds. The maximum Gasteiger partial charge on any atom is 0.356 e. The largest absolute Gasteiger partial charge is 0.464 e. The van der Waals surface area contributed by atoms with Crippen LogP contribution in [0.15, 0.2) is 30.5 Å². The predicted molar refractivity (Wildman–Crippen MR) is 83.5 cm³/mol. The van der Waals surface area contributed by atoms with Gasteiger partial charge in [-0.1, -0.05) is 24.3 Å². The van der Waals surface area contributed by atoms with Gasteiger partial charge in [0.05, 0.1) is 13.3 Å². The third-order valence-electron chi connectivity index (χ3n) is 4.40. The highest BCUT2D eigenvalue weighted by Gasteiger charge is 2.25. The number of esters is 1. The molecule has 1 unspecified atom stereocenters. The third-order valence-corrected chi connectivity index (χ3v) is 4.40. The number of hydrogen-bond acceptors (Lipinski definition) is 4. The Bertz CT molecular complexity index is 665. The highest BCUT2D eigenvalue weighted by atomic mass is 16.5. The molecule has 1 N–H and O–H groups in total. The number of nitrogens with one attached hydrogen (secondary N) is 1. The molecule has 3 rings (SSSR count). The van der Waals surface area contributed by atoms with Crippen LogP contribution in [-0.2, 0) is 17.7 Å². The van der Waals surface area contributed by atoms with Crippen LogP contribution in [0.2, 0.25) is 0 Å². The van der Waals surface area contributed by atoms with Crippen molar-refractivity contribution in [2.45, 2.75) is 31.8 Å². The molecule has 0 spiro atoms.